The van der Waals surface area contributed by atoms with Crippen molar-refractivity contribution >= 4 is 17.7 Å². The lowest BCUT2D eigenvalue weighted by molar-refractivity contribution is -0.125. The molecule has 8 heteroatoms. The van der Waals surface area contributed by atoms with Crippen LogP contribution in [-0.2, 0) is 16.0 Å². The van der Waals surface area contributed by atoms with E-state index in [0.29, 0.717) is 17.9 Å². The minimum atomic E-state index is -0.627. The minimum absolute atomic E-state index is 0.0260. The van der Waals surface area contributed by atoms with Crippen LogP contribution in [-0.4, -0.2) is 38.1 Å². The molecule has 2 aromatic carbocycles. The van der Waals surface area contributed by atoms with Crippen LogP contribution in [0.25, 0.3) is 5.78 Å². The molecule has 0 saturated heterocycles. The second kappa shape index (κ2) is 10.0. The van der Waals surface area contributed by atoms with E-state index in [-0.39, 0.29) is 23.4 Å². The predicted octanol–water partition coefficient (Wildman–Crippen LogP) is 3.50. The number of nitrogens with one attached hydrogen (secondary N) is 1. The van der Waals surface area contributed by atoms with Crippen molar-refractivity contribution in [2.24, 2.45) is 0 Å². The highest BCUT2D eigenvalue weighted by atomic mass is 16.5. The van der Waals surface area contributed by atoms with Gasteiger partial charge in [0, 0.05) is 6.20 Å². The van der Waals surface area contributed by atoms with Gasteiger partial charge in [-0.1, -0.05) is 74.5 Å². The summed E-state index contributed by atoms with van der Waals surface area (Å²) in [5.41, 5.74) is 2.97. The highest BCUT2D eigenvalue weighted by Gasteiger charge is 2.22. The first-order valence-electron chi connectivity index (χ1n) is 10.8. The molecule has 1 atom stereocenters. The average Bonchev–Trinajstić information content (AvgIpc) is 3.31. The maximum atomic E-state index is 12.8. The summed E-state index contributed by atoms with van der Waals surface area (Å²) >= 11 is 0. The zero-order valence-electron chi connectivity index (χ0n) is 18.5. The second-order valence-corrected chi connectivity index (χ2v) is 7.98. The van der Waals surface area contributed by atoms with E-state index in [9.17, 15) is 9.59 Å². The Balaban J connectivity index is 1.45. The summed E-state index contributed by atoms with van der Waals surface area (Å²) in [5.74, 6) is -0.631. The van der Waals surface area contributed by atoms with Crippen molar-refractivity contribution < 1.29 is 14.3 Å². The molecular weight excluding hydrogens is 418 g/mol. The fourth-order valence-electron chi connectivity index (χ4n) is 3.74. The standard InChI is InChI=1S/C25H25N5O3/c1-17(2)23-20(14-26-25-27-16-28-30(23)25)24(32)33-15-22(31)29-21(19-11-7-4-8-12-19)13-18-9-5-3-6-10-18/h3-12,14,16-17,21H,13,15H2,1-2H3,(H,29,31). The third kappa shape index (κ3) is 5.23. The normalized spacial score (nSPS) is 12.0. The zero-order chi connectivity index (χ0) is 23.2. The Bertz CT molecular complexity index is 1240. The third-order valence-corrected chi connectivity index (χ3v) is 5.26. The number of hydrogen-bond acceptors (Lipinski definition) is 6. The summed E-state index contributed by atoms with van der Waals surface area (Å²) in [5, 5.41) is 7.14. The molecule has 0 radical (unpaired) electrons. The van der Waals surface area contributed by atoms with Crippen LogP contribution in [0.2, 0.25) is 0 Å². The summed E-state index contributed by atoms with van der Waals surface area (Å²) in [6.45, 7) is 3.48. The summed E-state index contributed by atoms with van der Waals surface area (Å²) in [7, 11) is 0. The van der Waals surface area contributed by atoms with E-state index in [1.165, 1.54) is 17.0 Å². The molecule has 1 N–H and O–H groups in total. The topological polar surface area (TPSA) is 98.5 Å². The van der Waals surface area contributed by atoms with Crippen LogP contribution < -0.4 is 5.32 Å². The Morgan fingerprint density at radius 1 is 1.00 bits per heavy atom. The fraction of sp³-hybridized carbons (Fsp3) is 0.240. The first kappa shape index (κ1) is 22.1. The van der Waals surface area contributed by atoms with Crippen LogP contribution in [0.15, 0.2) is 73.2 Å². The molecule has 0 aliphatic heterocycles. The largest absolute Gasteiger partial charge is 0.452 e. The molecule has 1 amide bonds. The van der Waals surface area contributed by atoms with E-state index < -0.39 is 12.6 Å². The smallest absolute Gasteiger partial charge is 0.342 e. The van der Waals surface area contributed by atoms with Gasteiger partial charge in [0.25, 0.3) is 11.7 Å². The number of aromatic nitrogens is 4. The summed E-state index contributed by atoms with van der Waals surface area (Å²) < 4.78 is 6.86. The predicted molar refractivity (Wildman–Crippen MR) is 123 cm³/mol. The van der Waals surface area contributed by atoms with Gasteiger partial charge in [0.2, 0.25) is 0 Å². The maximum Gasteiger partial charge on any atom is 0.342 e. The molecule has 168 valence electrons. The molecular formula is C25H25N5O3. The molecule has 2 aromatic heterocycles. The van der Waals surface area contributed by atoms with Crippen molar-refractivity contribution in [1.29, 1.82) is 0 Å². The van der Waals surface area contributed by atoms with E-state index >= 15 is 0 Å². The monoisotopic (exact) mass is 443 g/mol. The number of ether oxygens (including phenoxy) is 1. The van der Waals surface area contributed by atoms with Crippen molar-refractivity contribution in [3.63, 3.8) is 0 Å². The van der Waals surface area contributed by atoms with Gasteiger partial charge in [0.05, 0.1) is 17.3 Å². The Hall–Kier alpha value is -4.07. The van der Waals surface area contributed by atoms with Crippen LogP contribution in [0.1, 0.15) is 53.0 Å². The number of hydrogen-bond donors (Lipinski definition) is 1. The second-order valence-electron chi connectivity index (χ2n) is 7.98. The van der Waals surface area contributed by atoms with Crippen LogP contribution in [0.5, 0.6) is 0 Å². The lowest BCUT2D eigenvalue weighted by Gasteiger charge is -2.20. The van der Waals surface area contributed by atoms with Crippen molar-refractivity contribution in [1.82, 2.24) is 24.9 Å². The van der Waals surface area contributed by atoms with Crippen molar-refractivity contribution in [2.75, 3.05) is 6.61 Å². The van der Waals surface area contributed by atoms with Gasteiger partial charge >= 0.3 is 5.97 Å². The maximum absolute atomic E-state index is 12.8. The average molecular weight is 444 g/mol. The van der Waals surface area contributed by atoms with E-state index in [2.05, 4.69) is 20.4 Å². The molecule has 2 heterocycles. The SMILES string of the molecule is CC(C)c1c(C(=O)OCC(=O)NC(Cc2ccccc2)c2ccccc2)cnc2ncnn12. The number of amides is 1. The van der Waals surface area contributed by atoms with Crippen molar-refractivity contribution in [2.45, 2.75) is 32.2 Å². The van der Waals surface area contributed by atoms with Gasteiger partial charge in [-0.15, -0.1) is 0 Å². The number of rotatable bonds is 8. The molecule has 0 saturated carbocycles. The van der Waals surface area contributed by atoms with Crippen molar-refractivity contribution in [3.05, 3.63) is 95.6 Å². The summed E-state index contributed by atoms with van der Waals surface area (Å²) in [6.07, 6.45) is 3.42. The van der Waals surface area contributed by atoms with Gasteiger partial charge in [-0.2, -0.15) is 10.1 Å². The summed E-state index contributed by atoms with van der Waals surface area (Å²) in [4.78, 5) is 33.7. The van der Waals surface area contributed by atoms with Crippen LogP contribution in [0, 0.1) is 0 Å². The Kier molecular flexibility index (Phi) is 6.73. The Morgan fingerprint density at radius 2 is 1.70 bits per heavy atom. The number of carbonyl (C=O) groups excluding carboxylic acids is 2. The van der Waals surface area contributed by atoms with Crippen LogP contribution >= 0.6 is 0 Å². The molecule has 4 rings (SSSR count). The van der Waals surface area contributed by atoms with E-state index in [0.717, 1.165) is 11.1 Å². The molecule has 0 aliphatic carbocycles. The summed E-state index contributed by atoms with van der Waals surface area (Å²) in [6, 6.07) is 19.4. The molecule has 1 unspecified atom stereocenters. The van der Waals surface area contributed by atoms with Gasteiger partial charge in [-0.25, -0.2) is 14.3 Å². The first-order chi connectivity index (χ1) is 16.0. The Morgan fingerprint density at radius 3 is 2.39 bits per heavy atom. The molecule has 4 aromatic rings. The van der Waals surface area contributed by atoms with E-state index in [1.807, 2.05) is 74.5 Å². The van der Waals surface area contributed by atoms with Gasteiger partial charge in [-0.05, 0) is 23.5 Å². The van der Waals surface area contributed by atoms with Crippen LogP contribution in [0.3, 0.4) is 0 Å². The lowest BCUT2D eigenvalue weighted by Crippen LogP contribution is -2.33. The van der Waals surface area contributed by atoms with Gasteiger partial charge in [0.1, 0.15) is 6.33 Å². The first-order valence-corrected chi connectivity index (χ1v) is 10.8. The highest BCUT2D eigenvalue weighted by molar-refractivity contribution is 5.92. The number of benzene rings is 2. The van der Waals surface area contributed by atoms with Crippen LogP contribution in [0.4, 0.5) is 0 Å². The van der Waals surface area contributed by atoms with Gasteiger partial charge in [-0.3, -0.25) is 4.79 Å². The number of fused-ring (bicyclic) bond motifs is 1. The molecule has 0 bridgehead atoms. The molecule has 0 spiro atoms. The fourth-order valence-corrected chi connectivity index (χ4v) is 3.74. The Labute approximate surface area is 191 Å². The highest BCUT2D eigenvalue weighted by Crippen LogP contribution is 2.21. The van der Waals surface area contributed by atoms with Gasteiger partial charge in [0.15, 0.2) is 6.61 Å². The van der Waals surface area contributed by atoms with E-state index in [4.69, 9.17) is 4.74 Å². The molecule has 0 fully saturated rings. The van der Waals surface area contributed by atoms with E-state index in [1.54, 1.807) is 0 Å². The van der Waals surface area contributed by atoms with Gasteiger partial charge < -0.3 is 10.1 Å². The number of esters is 1. The minimum Gasteiger partial charge on any atom is -0.452 e. The molecule has 8 nitrogen and oxygen atoms in total. The lowest BCUT2D eigenvalue weighted by atomic mass is 9.99. The van der Waals surface area contributed by atoms with Crippen molar-refractivity contribution in [3.8, 4) is 0 Å². The number of carbonyl (C=O) groups is 2. The third-order valence-electron chi connectivity index (χ3n) is 5.26. The molecule has 33 heavy (non-hydrogen) atoms. The zero-order valence-corrected chi connectivity index (χ0v) is 18.5. The quantitative estimate of drug-likeness (QED) is 0.419. The number of nitrogens with zero attached hydrogens (tertiary/aromatic N) is 4. The molecule has 0 aliphatic rings.